The van der Waals surface area contributed by atoms with Crippen LogP contribution in [0, 0.1) is 6.92 Å². The van der Waals surface area contributed by atoms with Crippen molar-refractivity contribution in [2.45, 2.75) is 19.8 Å². The summed E-state index contributed by atoms with van der Waals surface area (Å²) in [5.74, 6) is 1.24. The van der Waals surface area contributed by atoms with Crippen LogP contribution in [0.25, 0.3) is 10.8 Å². The quantitative estimate of drug-likeness (QED) is 0.830. The first-order valence-corrected chi connectivity index (χ1v) is 6.24. The SMILES string of the molecule is COc1nc(C)cc2cc3c(c(OC)c12)C(=O)CC3. The molecule has 1 heterocycles. The Morgan fingerprint density at radius 1 is 1.16 bits per heavy atom. The predicted octanol–water partition coefficient (Wildman–Crippen LogP) is 2.69. The Morgan fingerprint density at radius 2 is 1.95 bits per heavy atom. The fourth-order valence-corrected chi connectivity index (χ4v) is 2.77. The van der Waals surface area contributed by atoms with Crippen molar-refractivity contribution in [3.63, 3.8) is 0 Å². The summed E-state index contributed by atoms with van der Waals surface area (Å²) in [6.45, 7) is 1.92. The molecule has 2 aromatic rings. The zero-order valence-corrected chi connectivity index (χ0v) is 11.2. The number of ether oxygens (including phenoxy) is 2. The Bertz CT molecular complexity index is 692. The number of benzene rings is 1. The molecule has 0 bridgehead atoms. The number of carbonyl (C=O) groups is 1. The number of pyridine rings is 1. The lowest BCUT2D eigenvalue weighted by Crippen LogP contribution is -2.01. The third-order valence-electron chi connectivity index (χ3n) is 3.55. The number of hydrogen-bond acceptors (Lipinski definition) is 4. The Kier molecular flexibility index (Phi) is 2.66. The first kappa shape index (κ1) is 12.0. The van der Waals surface area contributed by atoms with Crippen LogP contribution < -0.4 is 9.47 Å². The third-order valence-corrected chi connectivity index (χ3v) is 3.55. The van der Waals surface area contributed by atoms with Crippen molar-refractivity contribution in [1.29, 1.82) is 0 Å². The molecular weight excluding hydrogens is 242 g/mol. The topological polar surface area (TPSA) is 48.4 Å². The number of hydrogen-bond donors (Lipinski definition) is 0. The maximum Gasteiger partial charge on any atom is 0.225 e. The van der Waals surface area contributed by atoms with Crippen LogP contribution in [0.3, 0.4) is 0 Å². The first-order valence-electron chi connectivity index (χ1n) is 6.24. The highest BCUT2D eigenvalue weighted by molar-refractivity contribution is 6.09. The number of aryl methyl sites for hydroxylation is 2. The summed E-state index contributed by atoms with van der Waals surface area (Å²) >= 11 is 0. The van der Waals surface area contributed by atoms with Crippen LogP contribution in [0.1, 0.15) is 28.0 Å². The zero-order valence-electron chi connectivity index (χ0n) is 11.2. The molecule has 1 aromatic carbocycles. The summed E-state index contributed by atoms with van der Waals surface area (Å²) in [5.41, 5.74) is 2.64. The van der Waals surface area contributed by atoms with Crippen LogP contribution in [0.5, 0.6) is 11.6 Å². The number of ketones is 1. The summed E-state index contributed by atoms with van der Waals surface area (Å²) in [5, 5.41) is 1.79. The van der Waals surface area contributed by atoms with Crippen LogP contribution in [0.15, 0.2) is 12.1 Å². The van der Waals surface area contributed by atoms with Crippen molar-refractivity contribution in [2.75, 3.05) is 14.2 Å². The van der Waals surface area contributed by atoms with Crippen LogP contribution in [0.4, 0.5) is 0 Å². The van der Waals surface area contributed by atoms with Gasteiger partial charge in [-0.05, 0) is 36.4 Å². The highest BCUT2D eigenvalue weighted by Crippen LogP contribution is 2.41. The van der Waals surface area contributed by atoms with Gasteiger partial charge in [-0.15, -0.1) is 0 Å². The van der Waals surface area contributed by atoms with E-state index in [0.717, 1.165) is 28.5 Å². The molecule has 19 heavy (non-hydrogen) atoms. The van der Waals surface area contributed by atoms with E-state index in [4.69, 9.17) is 9.47 Å². The van der Waals surface area contributed by atoms with E-state index in [2.05, 4.69) is 11.1 Å². The normalized spacial score (nSPS) is 13.7. The summed E-state index contributed by atoms with van der Waals surface area (Å²) in [6, 6.07) is 4.04. The van der Waals surface area contributed by atoms with E-state index in [1.165, 1.54) is 0 Å². The maximum absolute atomic E-state index is 12.0. The maximum atomic E-state index is 12.0. The molecule has 0 saturated heterocycles. The number of methoxy groups -OCH3 is 2. The van der Waals surface area contributed by atoms with Gasteiger partial charge < -0.3 is 9.47 Å². The molecule has 0 spiro atoms. The number of aromatic nitrogens is 1. The van der Waals surface area contributed by atoms with E-state index in [9.17, 15) is 4.79 Å². The van der Waals surface area contributed by atoms with Gasteiger partial charge in [-0.25, -0.2) is 4.98 Å². The molecule has 0 radical (unpaired) electrons. The smallest absolute Gasteiger partial charge is 0.225 e. The minimum Gasteiger partial charge on any atom is -0.495 e. The monoisotopic (exact) mass is 257 g/mol. The van der Waals surface area contributed by atoms with Crippen LogP contribution in [-0.4, -0.2) is 25.0 Å². The average Bonchev–Trinajstić information content (AvgIpc) is 2.76. The first-order chi connectivity index (χ1) is 9.15. The molecule has 0 unspecified atom stereocenters. The second-order valence-corrected chi connectivity index (χ2v) is 4.74. The van der Waals surface area contributed by atoms with Gasteiger partial charge in [-0.3, -0.25) is 4.79 Å². The molecule has 3 rings (SSSR count). The molecule has 0 fully saturated rings. The molecular formula is C15H15NO3. The summed E-state index contributed by atoms with van der Waals surface area (Å²) in [6.07, 6.45) is 1.33. The predicted molar refractivity (Wildman–Crippen MR) is 72.2 cm³/mol. The Hall–Kier alpha value is -2.10. The highest BCUT2D eigenvalue weighted by Gasteiger charge is 2.27. The van der Waals surface area contributed by atoms with E-state index < -0.39 is 0 Å². The molecule has 0 saturated carbocycles. The second-order valence-electron chi connectivity index (χ2n) is 4.74. The summed E-state index contributed by atoms with van der Waals surface area (Å²) in [7, 11) is 3.16. The average molecular weight is 257 g/mol. The van der Waals surface area contributed by atoms with Gasteiger partial charge in [0.2, 0.25) is 5.88 Å². The van der Waals surface area contributed by atoms with E-state index >= 15 is 0 Å². The molecule has 4 heteroatoms. The van der Waals surface area contributed by atoms with Gasteiger partial charge in [0.05, 0.1) is 25.2 Å². The van der Waals surface area contributed by atoms with E-state index in [0.29, 0.717) is 23.6 Å². The molecule has 1 aliphatic carbocycles. The lowest BCUT2D eigenvalue weighted by Gasteiger charge is -2.13. The Labute approximate surface area is 111 Å². The van der Waals surface area contributed by atoms with E-state index in [1.807, 2.05) is 13.0 Å². The van der Waals surface area contributed by atoms with Crippen molar-refractivity contribution in [2.24, 2.45) is 0 Å². The lowest BCUT2D eigenvalue weighted by molar-refractivity contribution is 0.0992. The summed E-state index contributed by atoms with van der Waals surface area (Å²) < 4.78 is 10.8. The lowest BCUT2D eigenvalue weighted by atomic mass is 10.0. The standard InChI is InChI=1S/C15H15NO3/c1-8-6-10-7-9-4-5-11(17)12(9)14(18-2)13(10)15(16-8)19-3/h6-7H,4-5H2,1-3H3. The number of fused-ring (bicyclic) bond motifs is 2. The van der Waals surface area contributed by atoms with Crippen molar-refractivity contribution in [3.05, 3.63) is 29.0 Å². The van der Waals surface area contributed by atoms with Gasteiger partial charge in [0.15, 0.2) is 5.78 Å². The zero-order chi connectivity index (χ0) is 13.6. The highest BCUT2D eigenvalue weighted by atomic mass is 16.5. The number of carbonyl (C=O) groups excluding carboxylic acids is 1. The van der Waals surface area contributed by atoms with Gasteiger partial charge in [0.1, 0.15) is 5.75 Å². The van der Waals surface area contributed by atoms with Gasteiger partial charge >= 0.3 is 0 Å². The van der Waals surface area contributed by atoms with Gasteiger partial charge in [-0.2, -0.15) is 0 Å². The largest absolute Gasteiger partial charge is 0.495 e. The molecule has 0 amide bonds. The molecule has 4 nitrogen and oxygen atoms in total. The van der Waals surface area contributed by atoms with Gasteiger partial charge in [0, 0.05) is 12.1 Å². The third kappa shape index (κ3) is 1.67. The molecule has 1 aromatic heterocycles. The van der Waals surface area contributed by atoms with Crippen molar-refractivity contribution >= 4 is 16.6 Å². The van der Waals surface area contributed by atoms with E-state index in [1.54, 1.807) is 14.2 Å². The minimum atomic E-state index is 0.136. The molecule has 0 N–H and O–H groups in total. The van der Waals surface area contributed by atoms with Crippen molar-refractivity contribution in [1.82, 2.24) is 4.98 Å². The van der Waals surface area contributed by atoms with E-state index in [-0.39, 0.29) is 5.78 Å². The molecule has 1 aliphatic rings. The van der Waals surface area contributed by atoms with Crippen LogP contribution >= 0.6 is 0 Å². The van der Waals surface area contributed by atoms with Gasteiger partial charge in [0.25, 0.3) is 0 Å². The van der Waals surface area contributed by atoms with Gasteiger partial charge in [-0.1, -0.05) is 0 Å². The number of nitrogens with zero attached hydrogens (tertiary/aromatic N) is 1. The molecule has 0 aliphatic heterocycles. The van der Waals surface area contributed by atoms with Crippen LogP contribution in [0.2, 0.25) is 0 Å². The molecule has 98 valence electrons. The Balaban J connectivity index is 2.47. The molecule has 0 atom stereocenters. The summed E-state index contributed by atoms with van der Waals surface area (Å²) in [4.78, 5) is 16.4. The number of rotatable bonds is 2. The number of Topliss-reactive ketones (excluding diaryl/α,β-unsaturated/α-hetero) is 1. The minimum absolute atomic E-state index is 0.136. The van der Waals surface area contributed by atoms with Crippen molar-refractivity contribution in [3.8, 4) is 11.6 Å². The fraction of sp³-hybridized carbons (Fsp3) is 0.333. The van der Waals surface area contributed by atoms with Crippen molar-refractivity contribution < 1.29 is 14.3 Å². The Morgan fingerprint density at radius 3 is 2.63 bits per heavy atom. The van der Waals surface area contributed by atoms with Crippen LogP contribution in [-0.2, 0) is 6.42 Å². The fourth-order valence-electron chi connectivity index (χ4n) is 2.77. The second kappa shape index (κ2) is 4.23.